The normalized spacial score (nSPS) is 16.7. The number of nitrogens with zero attached hydrogens (tertiary/aromatic N) is 1. The Bertz CT molecular complexity index is 993. The second-order valence-electron chi connectivity index (χ2n) is 7.43. The minimum Gasteiger partial charge on any atom is -0.287 e. The first-order valence-electron chi connectivity index (χ1n) is 9.96. The van der Waals surface area contributed by atoms with Crippen LogP contribution in [0, 0.1) is 0 Å². The van der Waals surface area contributed by atoms with Crippen molar-refractivity contribution in [1.82, 2.24) is 15.8 Å². The van der Waals surface area contributed by atoms with E-state index in [2.05, 4.69) is 5.32 Å². The fourth-order valence-electron chi connectivity index (χ4n) is 4.00. The Morgan fingerprint density at radius 1 is 0.812 bits per heavy atom. The minimum absolute atomic E-state index is 0.311. The molecule has 164 valence electrons. The zero-order chi connectivity index (χ0) is 22.8. The van der Waals surface area contributed by atoms with Gasteiger partial charge in [-0.3, -0.25) is 20.3 Å². The summed E-state index contributed by atoms with van der Waals surface area (Å²) in [6.07, 6.45) is -5.09. The molecule has 3 aromatic rings. The third kappa shape index (κ3) is 3.97. The largest absolute Gasteiger partial charge is 0.473 e. The smallest absolute Gasteiger partial charge is 0.287 e. The van der Waals surface area contributed by atoms with Crippen molar-refractivity contribution in [2.75, 3.05) is 6.54 Å². The summed E-state index contributed by atoms with van der Waals surface area (Å²) in [6.45, 7) is -0.467. The minimum atomic E-state index is -5.09. The van der Waals surface area contributed by atoms with E-state index >= 15 is 0 Å². The molecule has 4 rings (SSSR count). The van der Waals surface area contributed by atoms with Gasteiger partial charge in [0.1, 0.15) is 6.04 Å². The number of hydrogen-bond acceptors (Lipinski definition) is 3. The van der Waals surface area contributed by atoms with Gasteiger partial charge < -0.3 is 0 Å². The molecule has 0 saturated carbocycles. The van der Waals surface area contributed by atoms with Crippen LogP contribution in [0.4, 0.5) is 13.2 Å². The van der Waals surface area contributed by atoms with E-state index in [9.17, 15) is 22.8 Å². The summed E-state index contributed by atoms with van der Waals surface area (Å²) in [6, 6.07) is 26.9. The van der Waals surface area contributed by atoms with Gasteiger partial charge in [0, 0.05) is 0 Å². The Kier molecular flexibility index (Phi) is 5.71. The molecule has 0 aliphatic carbocycles. The molecule has 0 aromatic heterocycles. The Labute approximate surface area is 182 Å². The van der Waals surface area contributed by atoms with Gasteiger partial charge in [0.2, 0.25) is 0 Å². The predicted octanol–water partition coefficient (Wildman–Crippen LogP) is 3.37. The number of carbonyl (C=O) groups excluding carboxylic acids is 2. The lowest BCUT2D eigenvalue weighted by atomic mass is 9.76. The summed E-state index contributed by atoms with van der Waals surface area (Å²) in [5.74, 6) is -2.82. The highest BCUT2D eigenvalue weighted by Gasteiger charge is 2.49. The fraction of sp³-hybridized carbons (Fsp3) is 0.167. The van der Waals surface area contributed by atoms with Gasteiger partial charge in [0.05, 0.1) is 12.1 Å². The van der Waals surface area contributed by atoms with Crippen molar-refractivity contribution in [1.29, 1.82) is 0 Å². The number of alkyl halides is 3. The summed E-state index contributed by atoms with van der Waals surface area (Å²) in [5, 5.41) is 3.60. The number of rotatable bonds is 5. The molecule has 0 bridgehead atoms. The second kappa shape index (κ2) is 8.47. The molecule has 1 atom stereocenters. The lowest BCUT2D eigenvalue weighted by Crippen LogP contribution is -2.53. The number of hydrogen-bond donors (Lipinski definition) is 2. The number of hydrazine groups is 1. The van der Waals surface area contributed by atoms with Crippen LogP contribution in [0.25, 0.3) is 0 Å². The van der Waals surface area contributed by atoms with Crippen LogP contribution in [0.5, 0.6) is 0 Å². The van der Waals surface area contributed by atoms with E-state index in [1.54, 1.807) is 0 Å². The molecule has 0 unspecified atom stereocenters. The van der Waals surface area contributed by atoms with Gasteiger partial charge in [-0.25, -0.2) is 5.01 Å². The first-order valence-corrected chi connectivity index (χ1v) is 9.96. The SMILES string of the molecule is O=C1NN(C(=O)C(F)(F)F)C[C@@H]1NC(c1ccccc1)(c1ccccc1)c1ccccc1. The van der Waals surface area contributed by atoms with Gasteiger partial charge in [-0.05, 0) is 16.7 Å². The third-order valence-corrected chi connectivity index (χ3v) is 5.43. The molecule has 5 nitrogen and oxygen atoms in total. The van der Waals surface area contributed by atoms with Gasteiger partial charge in [-0.2, -0.15) is 13.2 Å². The van der Waals surface area contributed by atoms with Crippen LogP contribution >= 0.6 is 0 Å². The lowest BCUT2D eigenvalue weighted by Gasteiger charge is -2.38. The summed E-state index contributed by atoms with van der Waals surface area (Å²) >= 11 is 0. The summed E-state index contributed by atoms with van der Waals surface area (Å²) in [4.78, 5) is 24.3. The molecule has 0 spiro atoms. The van der Waals surface area contributed by atoms with Crippen molar-refractivity contribution in [3.05, 3.63) is 108 Å². The molecule has 1 aliphatic rings. The Morgan fingerprint density at radius 3 is 1.59 bits per heavy atom. The van der Waals surface area contributed by atoms with Crippen molar-refractivity contribution in [2.24, 2.45) is 0 Å². The first kappa shape index (κ1) is 21.6. The molecular weight excluding hydrogens is 419 g/mol. The van der Waals surface area contributed by atoms with E-state index in [1.165, 1.54) is 0 Å². The molecular formula is C24H20F3N3O2. The van der Waals surface area contributed by atoms with Crippen molar-refractivity contribution in [2.45, 2.75) is 17.8 Å². The Balaban J connectivity index is 1.82. The number of halogens is 3. The van der Waals surface area contributed by atoms with E-state index in [-0.39, 0.29) is 0 Å². The summed E-state index contributed by atoms with van der Waals surface area (Å²) < 4.78 is 38.8. The second-order valence-corrected chi connectivity index (χ2v) is 7.43. The van der Waals surface area contributed by atoms with E-state index in [0.29, 0.717) is 5.01 Å². The highest BCUT2D eigenvalue weighted by atomic mass is 19.4. The molecule has 3 aromatic carbocycles. The molecule has 32 heavy (non-hydrogen) atoms. The molecule has 0 radical (unpaired) electrons. The van der Waals surface area contributed by atoms with E-state index < -0.39 is 36.1 Å². The standard InChI is InChI=1S/C24H20F3N3O2/c25-24(26,27)22(32)30-16-20(21(31)29-30)28-23(17-10-4-1-5-11-17,18-12-6-2-7-13-18)19-14-8-3-9-15-19/h1-15,20,28H,16H2,(H,29,31)/t20-/m0/s1. The van der Waals surface area contributed by atoms with Crippen LogP contribution in [0.15, 0.2) is 91.0 Å². The monoisotopic (exact) mass is 439 g/mol. The molecule has 8 heteroatoms. The number of carbonyl (C=O) groups is 2. The summed E-state index contributed by atoms with van der Waals surface area (Å²) in [7, 11) is 0. The summed E-state index contributed by atoms with van der Waals surface area (Å²) in [5.41, 5.74) is 3.39. The lowest BCUT2D eigenvalue weighted by molar-refractivity contribution is -0.187. The van der Waals surface area contributed by atoms with Crippen LogP contribution < -0.4 is 10.7 Å². The average Bonchev–Trinajstić information content (AvgIpc) is 3.18. The topological polar surface area (TPSA) is 61.4 Å². The Hall–Kier alpha value is -3.65. The van der Waals surface area contributed by atoms with Crippen molar-refractivity contribution < 1.29 is 22.8 Å². The van der Waals surface area contributed by atoms with Gasteiger partial charge in [-0.15, -0.1) is 0 Å². The van der Waals surface area contributed by atoms with E-state index in [0.717, 1.165) is 16.7 Å². The Morgan fingerprint density at radius 2 is 1.22 bits per heavy atom. The van der Waals surface area contributed by atoms with Crippen LogP contribution in [0.1, 0.15) is 16.7 Å². The first-order chi connectivity index (χ1) is 15.3. The number of nitrogens with one attached hydrogen (secondary N) is 2. The average molecular weight is 439 g/mol. The van der Waals surface area contributed by atoms with Gasteiger partial charge in [0.15, 0.2) is 0 Å². The third-order valence-electron chi connectivity index (χ3n) is 5.43. The quantitative estimate of drug-likeness (QED) is 0.600. The van der Waals surface area contributed by atoms with Gasteiger partial charge >= 0.3 is 12.1 Å². The molecule has 1 fully saturated rings. The van der Waals surface area contributed by atoms with Crippen LogP contribution in [0.2, 0.25) is 0 Å². The highest BCUT2D eigenvalue weighted by molar-refractivity contribution is 5.91. The maximum Gasteiger partial charge on any atom is 0.473 e. The number of benzene rings is 3. The molecule has 2 N–H and O–H groups in total. The molecule has 1 heterocycles. The van der Waals surface area contributed by atoms with Crippen molar-refractivity contribution in [3.8, 4) is 0 Å². The predicted molar refractivity (Wildman–Crippen MR) is 112 cm³/mol. The zero-order valence-electron chi connectivity index (χ0n) is 16.8. The van der Waals surface area contributed by atoms with E-state index in [1.807, 2.05) is 96.4 Å². The van der Waals surface area contributed by atoms with Crippen molar-refractivity contribution in [3.63, 3.8) is 0 Å². The highest BCUT2D eigenvalue weighted by Crippen LogP contribution is 2.37. The van der Waals surface area contributed by atoms with Crippen LogP contribution in [0.3, 0.4) is 0 Å². The molecule has 1 aliphatic heterocycles. The van der Waals surface area contributed by atoms with Crippen molar-refractivity contribution >= 4 is 11.8 Å². The fourth-order valence-corrected chi connectivity index (χ4v) is 4.00. The van der Waals surface area contributed by atoms with Gasteiger partial charge in [-0.1, -0.05) is 91.0 Å². The van der Waals surface area contributed by atoms with Crippen LogP contribution in [-0.4, -0.2) is 35.6 Å². The molecule has 2 amide bonds. The maximum atomic E-state index is 12.9. The molecule has 1 saturated heterocycles. The maximum absolute atomic E-state index is 12.9. The van der Waals surface area contributed by atoms with E-state index in [4.69, 9.17) is 0 Å². The van der Waals surface area contributed by atoms with Crippen LogP contribution in [-0.2, 0) is 15.1 Å². The zero-order valence-corrected chi connectivity index (χ0v) is 16.8. The van der Waals surface area contributed by atoms with Gasteiger partial charge in [0.25, 0.3) is 5.91 Å². The number of amides is 2.